The van der Waals surface area contributed by atoms with E-state index in [9.17, 15) is 9.18 Å². The summed E-state index contributed by atoms with van der Waals surface area (Å²) in [4.78, 5) is 11.8. The van der Waals surface area contributed by atoms with E-state index in [0.717, 1.165) is 15.6 Å². The first kappa shape index (κ1) is 16.8. The van der Waals surface area contributed by atoms with Crippen molar-refractivity contribution < 1.29 is 13.9 Å². The van der Waals surface area contributed by atoms with Crippen LogP contribution in [0.5, 0.6) is 5.75 Å². The van der Waals surface area contributed by atoms with Gasteiger partial charge in [-0.05, 0) is 71.2 Å². The molecule has 0 unspecified atom stereocenters. The first-order chi connectivity index (χ1) is 10.4. The number of ether oxygens (including phenoxy) is 1. The molecule has 1 N–H and O–H groups in total. The molecule has 0 atom stereocenters. The summed E-state index contributed by atoms with van der Waals surface area (Å²) in [5.74, 6) is -0.136. The highest BCUT2D eigenvalue weighted by atomic mass is 79.9. The fraction of sp³-hybridized carbons (Fsp3) is 0.188. The highest BCUT2D eigenvalue weighted by Crippen LogP contribution is 2.35. The predicted octanol–water partition coefficient (Wildman–Crippen LogP) is 4.88. The third-order valence-electron chi connectivity index (χ3n) is 3.06. The van der Waals surface area contributed by atoms with Crippen LogP contribution in [-0.4, -0.2) is 12.5 Å². The number of benzene rings is 2. The van der Waals surface area contributed by atoms with Gasteiger partial charge >= 0.3 is 0 Å². The van der Waals surface area contributed by atoms with Crippen molar-refractivity contribution in [3.8, 4) is 5.75 Å². The maximum atomic E-state index is 12.8. The fourth-order valence-corrected chi connectivity index (χ4v) is 2.57. The summed E-state index contributed by atoms with van der Waals surface area (Å²) in [6, 6.07) is 7.29. The van der Waals surface area contributed by atoms with Crippen LogP contribution in [0.2, 0.25) is 5.02 Å². The number of carbonyl (C=O) groups excluding carboxylic acids is 1. The van der Waals surface area contributed by atoms with Crippen LogP contribution in [0.15, 0.2) is 34.8 Å². The molecule has 0 aliphatic heterocycles. The number of carbonyl (C=O) groups is 1. The molecule has 0 radical (unpaired) electrons. The Hall–Kier alpha value is -1.59. The Morgan fingerprint density at radius 1 is 1.32 bits per heavy atom. The van der Waals surface area contributed by atoms with Crippen molar-refractivity contribution in [1.82, 2.24) is 0 Å². The van der Waals surface area contributed by atoms with E-state index in [1.165, 1.54) is 24.3 Å². The van der Waals surface area contributed by atoms with E-state index in [1.807, 2.05) is 13.8 Å². The lowest BCUT2D eigenvalue weighted by molar-refractivity contribution is -0.118. The van der Waals surface area contributed by atoms with Crippen molar-refractivity contribution in [2.24, 2.45) is 0 Å². The van der Waals surface area contributed by atoms with Crippen molar-refractivity contribution in [3.05, 3.63) is 56.8 Å². The lowest BCUT2D eigenvalue weighted by atomic mass is 10.1. The minimum Gasteiger partial charge on any atom is -0.483 e. The molecule has 0 saturated heterocycles. The molecule has 0 heterocycles. The molecule has 0 bridgehead atoms. The third-order valence-corrected chi connectivity index (χ3v) is 4.62. The Morgan fingerprint density at radius 3 is 2.59 bits per heavy atom. The summed E-state index contributed by atoms with van der Waals surface area (Å²) in [5, 5.41) is 3.29. The van der Waals surface area contributed by atoms with Gasteiger partial charge in [-0.15, -0.1) is 0 Å². The average molecular weight is 387 g/mol. The first-order valence-electron chi connectivity index (χ1n) is 6.52. The summed E-state index contributed by atoms with van der Waals surface area (Å²) in [7, 11) is 0. The van der Waals surface area contributed by atoms with Crippen LogP contribution < -0.4 is 10.1 Å². The Bertz CT molecular complexity index is 704. The Morgan fingerprint density at radius 2 is 1.95 bits per heavy atom. The van der Waals surface area contributed by atoms with E-state index in [1.54, 1.807) is 6.07 Å². The van der Waals surface area contributed by atoms with Crippen LogP contribution in [0.3, 0.4) is 0 Å². The Kier molecular flexibility index (Phi) is 5.42. The zero-order chi connectivity index (χ0) is 16.3. The average Bonchev–Trinajstić information content (AvgIpc) is 2.50. The van der Waals surface area contributed by atoms with Crippen molar-refractivity contribution >= 4 is 39.1 Å². The van der Waals surface area contributed by atoms with Gasteiger partial charge in [0.25, 0.3) is 5.91 Å². The lowest BCUT2D eigenvalue weighted by Gasteiger charge is -2.13. The highest BCUT2D eigenvalue weighted by Gasteiger charge is 2.12. The molecule has 0 aromatic heterocycles. The molecule has 116 valence electrons. The van der Waals surface area contributed by atoms with Crippen LogP contribution in [0, 0.1) is 19.7 Å². The van der Waals surface area contributed by atoms with Gasteiger partial charge in [-0.2, -0.15) is 0 Å². The Labute approximate surface area is 141 Å². The van der Waals surface area contributed by atoms with Gasteiger partial charge < -0.3 is 10.1 Å². The summed E-state index contributed by atoms with van der Waals surface area (Å²) < 4.78 is 19.0. The zero-order valence-corrected chi connectivity index (χ0v) is 14.4. The number of hydrogen-bond donors (Lipinski definition) is 1. The number of aryl methyl sites for hydroxylation is 1. The number of nitrogens with one attached hydrogen (secondary N) is 1. The number of rotatable bonds is 4. The largest absolute Gasteiger partial charge is 0.483 e. The van der Waals surface area contributed by atoms with Crippen LogP contribution in [0.4, 0.5) is 10.1 Å². The van der Waals surface area contributed by atoms with E-state index >= 15 is 0 Å². The molecular weight excluding hydrogens is 373 g/mol. The van der Waals surface area contributed by atoms with Crippen LogP contribution in [-0.2, 0) is 4.79 Å². The highest BCUT2D eigenvalue weighted by molar-refractivity contribution is 9.10. The van der Waals surface area contributed by atoms with Gasteiger partial charge in [-0.1, -0.05) is 11.6 Å². The second kappa shape index (κ2) is 7.11. The van der Waals surface area contributed by atoms with Gasteiger partial charge in [-0.25, -0.2) is 4.39 Å². The minimum atomic E-state index is -0.356. The van der Waals surface area contributed by atoms with Crippen molar-refractivity contribution in [2.75, 3.05) is 11.9 Å². The number of anilines is 1. The predicted molar refractivity (Wildman–Crippen MR) is 89.2 cm³/mol. The maximum Gasteiger partial charge on any atom is 0.262 e. The summed E-state index contributed by atoms with van der Waals surface area (Å²) >= 11 is 9.55. The van der Waals surface area contributed by atoms with E-state index < -0.39 is 0 Å². The SMILES string of the molecule is Cc1cc(OCC(=O)Nc2ccc(F)cc2)c(Br)c(C)c1Cl. The van der Waals surface area contributed by atoms with E-state index in [4.69, 9.17) is 16.3 Å². The van der Waals surface area contributed by atoms with Crippen LogP contribution in [0.1, 0.15) is 11.1 Å². The molecule has 0 aliphatic rings. The molecule has 0 spiro atoms. The molecule has 6 heteroatoms. The molecule has 2 aromatic rings. The normalized spacial score (nSPS) is 10.4. The second-order valence-corrected chi connectivity index (χ2v) is 5.96. The van der Waals surface area contributed by atoms with Gasteiger partial charge in [0.1, 0.15) is 11.6 Å². The van der Waals surface area contributed by atoms with Gasteiger partial charge in [0.15, 0.2) is 6.61 Å². The molecule has 0 saturated carbocycles. The first-order valence-corrected chi connectivity index (χ1v) is 7.69. The number of halogens is 3. The van der Waals surface area contributed by atoms with E-state index in [2.05, 4.69) is 21.2 Å². The molecule has 0 aliphatic carbocycles. The van der Waals surface area contributed by atoms with Gasteiger partial charge in [0, 0.05) is 10.7 Å². The van der Waals surface area contributed by atoms with Gasteiger partial charge in [0.2, 0.25) is 0 Å². The molecular formula is C16H14BrClFNO2. The second-order valence-electron chi connectivity index (χ2n) is 4.79. The van der Waals surface area contributed by atoms with Crippen LogP contribution >= 0.6 is 27.5 Å². The summed E-state index contributed by atoms with van der Waals surface area (Å²) in [6.07, 6.45) is 0. The van der Waals surface area contributed by atoms with Crippen LogP contribution in [0.25, 0.3) is 0 Å². The van der Waals surface area contributed by atoms with E-state index in [-0.39, 0.29) is 18.3 Å². The standard InChI is InChI=1S/C16H14BrClFNO2/c1-9-7-13(15(17)10(2)16(9)18)22-8-14(21)20-12-5-3-11(19)4-6-12/h3-7H,8H2,1-2H3,(H,20,21). The molecule has 22 heavy (non-hydrogen) atoms. The summed E-state index contributed by atoms with van der Waals surface area (Å²) in [5.41, 5.74) is 2.24. The fourth-order valence-electron chi connectivity index (χ4n) is 1.88. The third kappa shape index (κ3) is 3.99. The smallest absolute Gasteiger partial charge is 0.262 e. The monoisotopic (exact) mass is 385 g/mol. The van der Waals surface area contributed by atoms with Gasteiger partial charge in [-0.3, -0.25) is 4.79 Å². The zero-order valence-electron chi connectivity index (χ0n) is 12.0. The summed E-state index contributed by atoms with van der Waals surface area (Å²) in [6.45, 7) is 3.58. The molecule has 1 amide bonds. The molecule has 2 aromatic carbocycles. The van der Waals surface area contributed by atoms with Crippen molar-refractivity contribution in [2.45, 2.75) is 13.8 Å². The van der Waals surface area contributed by atoms with Crippen molar-refractivity contribution in [1.29, 1.82) is 0 Å². The minimum absolute atomic E-state index is 0.156. The maximum absolute atomic E-state index is 12.8. The van der Waals surface area contributed by atoms with Crippen molar-refractivity contribution in [3.63, 3.8) is 0 Å². The van der Waals surface area contributed by atoms with E-state index in [0.29, 0.717) is 16.5 Å². The topological polar surface area (TPSA) is 38.3 Å². The number of amides is 1. The molecule has 3 nitrogen and oxygen atoms in total. The van der Waals surface area contributed by atoms with Gasteiger partial charge in [0.05, 0.1) is 4.47 Å². The molecule has 0 fully saturated rings. The Balaban J connectivity index is 2.01. The number of hydrogen-bond acceptors (Lipinski definition) is 2. The quantitative estimate of drug-likeness (QED) is 0.813. The lowest BCUT2D eigenvalue weighted by Crippen LogP contribution is -2.20. The molecule has 2 rings (SSSR count).